The van der Waals surface area contributed by atoms with E-state index in [1.165, 1.54) is 18.3 Å². The maximum Gasteiger partial charge on any atom is 0.416 e. The summed E-state index contributed by atoms with van der Waals surface area (Å²) in [5, 5.41) is 7.53. The molecule has 0 aliphatic heterocycles. The van der Waals surface area contributed by atoms with Gasteiger partial charge < -0.3 is 5.32 Å². The predicted octanol–water partition coefficient (Wildman–Crippen LogP) is 5.65. The number of carbonyl (C=O) groups excluding carboxylic acids is 1. The van der Waals surface area contributed by atoms with Crippen LogP contribution in [-0.4, -0.2) is 20.7 Å². The molecule has 0 saturated carbocycles. The Kier molecular flexibility index (Phi) is 4.95. The number of nitrogens with one attached hydrogen (secondary N) is 1. The van der Waals surface area contributed by atoms with Gasteiger partial charge in [0.1, 0.15) is 0 Å². The van der Waals surface area contributed by atoms with E-state index in [4.69, 9.17) is 11.6 Å². The molecule has 0 fully saturated rings. The van der Waals surface area contributed by atoms with Crippen molar-refractivity contribution < 1.29 is 18.0 Å². The summed E-state index contributed by atoms with van der Waals surface area (Å²) in [6.45, 7) is 1.74. The van der Waals surface area contributed by atoms with Gasteiger partial charge in [0.15, 0.2) is 5.65 Å². The van der Waals surface area contributed by atoms with Gasteiger partial charge in [-0.25, -0.2) is 9.67 Å². The van der Waals surface area contributed by atoms with Gasteiger partial charge in [-0.15, -0.1) is 0 Å². The molecule has 0 saturated heterocycles. The van der Waals surface area contributed by atoms with Crippen molar-refractivity contribution in [2.45, 2.75) is 13.1 Å². The summed E-state index contributed by atoms with van der Waals surface area (Å²) in [6, 6.07) is 13.7. The van der Waals surface area contributed by atoms with E-state index >= 15 is 0 Å². The van der Waals surface area contributed by atoms with E-state index in [-0.39, 0.29) is 16.3 Å². The summed E-state index contributed by atoms with van der Waals surface area (Å²) < 4.78 is 40.3. The van der Waals surface area contributed by atoms with Gasteiger partial charge in [-0.1, -0.05) is 35.9 Å². The van der Waals surface area contributed by atoms with Crippen LogP contribution < -0.4 is 5.32 Å². The third kappa shape index (κ3) is 3.61. The highest BCUT2D eigenvalue weighted by atomic mass is 35.5. The van der Waals surface area contributed by atoms with Crippen molar-refractivity contribution in [2.24, 2.45) is 0 Å². The highest BCUT2D eigenvalue weighted by molar-refractivity contribution is 6.39. The molecule has 4 rings (SSSR count). The average molecular weight is 431 g/mol. The largest absolute Gasteiger partial charge is 0.416 e. The van der Waals surface area contributed by atoms with Crippen molar-refractivity contribution in [1.82, 2.24) is 14.8 Å². The summed E-state index contributed by atoms with van der Waals surface area (Å²) in [4.78, 5) is 17.0. The Morgan fingerprint density at radius 1 is 1.10 bits per heavy atom. The Balaban J connectivity index is 1.71. The van der Waals surface area contributed by atoms with Crippen LogP contribution in [-0.2, 0) is 6.18 Å². The summed E-state index contributed by atoms with van der Waals surface area (Å²) in [7, 11) is 0. The first-order valence-corrected chi connectivity index (χ1v) is 9.21. The Morgan fingerprint density at radius 3 is 2.53 bits per heavy atom. The van der Waals surface area contributed by atoms with Crippen LogP contribution >= 0.6 is 11.6 Å². The highest BCUT2D eigenvalue weighted by Crippen LogP contribution is 2.32. The standard InChI is InChI=1S/C21H14ClF3N4O/c1-12-17-18(22)16(11-26-19(17)29(28-12)15-8-3-2-4-9-15)20(30)27-14-7-5-6-13(10-14)21(23,24)25/h2-11H,1H3,(H,27,30). The second kappa shape index (κ2) is 7.46. The lowest BCUT2D eigenvalue weighted by molar-refractivity contribution is -0.137. The van der Waals surface area contributed by atoms with Crippen molar-refractivity contribution >= 4 is 34.2 Å². The van der Waals surface area contributed by atoms with Gasteiger partial charge in [-0.2, -0.15) is 18.3 Å². The fourth-order valence-corrected chi connectivity index (χ4v) is 3.44. The molecule has 2 aromatic carbocycles. The van der Waals surface area contributed by atoms with Gasteiger partial charge in [-0.3, -0.25) is 4.79 Å². The van der Waals surface area contributed by atoms with E-state index in [9.17, 15) is 18.0 Å². The smallest absolute Gasteiger partial charge is 0.322 e. The molecular formula is C21H14ClF3N4O. The zero-order valence-electron chi connectivity index (χ0n) is 15.5. The zero-order valence-corrected chi connectivity index (χ0v) is 16.3. The summed E-state index contributed by atoms with van der Waals surface area (Å²) in [5.74, 6) is -0.666. The normalized spacial score (nSPS) is 11.6. The maximum absolute atomic E-state index is 12.9. The van der Waals surface area contributed by atoms with E-state index in [2.05, 4.69) is 15.4 Å². The number of rotatable bonds is 3. The first-order chi connectivity index (χ1) is 14.3. The number of hydrogen-bond donors (Lipinski definition) is 1. The molecule has 0 radical (unpaired) electrons. The van der Waals surface area contributed by atoms with Crippen molar-refractivity contribution in [1.29, 1.82) is 0 Å². The number of amides is 1. The molecule has 0 bridgehead atoms. The molecule has 5 nitrogen and oxygen atoms in total. The quantitative estimate of drug-likeness (QED) is 0.456. The molecular weight excluding hydrogens is 417 g/mol. The van der Waals surface area contributed by atoms with Crippen molar-refractivity contribution in [2.75, 3.05) is 5.32 Å². The molecule has 4 aromatic rings. The average Bonchev–Trinajstić information content (AvgIpc) is 3.06. The van der Waals surface area contributed by atoms with Crippen LogP contribution in [0.3, 0.4) is 0 Å². The minimum absolute atomic E-state index is 0.00249. The third-order valence-corrected chi connectivity index (χ3v) is 4.89. The van der Waals surface area contributed by atoms with Crippen LogP contribution in [0.4, 0.5) is 18.9 Å². The van der Waals surface area contributed by atoms with Crippen molar-refractivity contribution in [3.05, 3.63) is 82.6 Å². The first kappa shape index (κ1) is 19.9. The van der Waals surface area contributed by atoms with Crippen LogP contribution in [0.1, 0.15) is 21.6 Å². The number of aromatic nitrogens is 3. The minimum Gasteiger partial charge on any atom is -0.322 e. The topological polar surface area (TPSA) is 59.8 Å². The number of carbonyl (C=O) groups is 1. The molecule has 0 spiro atoms. The van der Waals surface area contributed by atoms with Gasteiger partial charge in [0.2, 0.25) is 0 Å². The van der Waals surface area contributed by atoms with E-state index in [0.29, 0.717) is 16.7 Å². The number of pyridine rings is 1. The monoisotopic (exact) mass is 430 g/mol. The number of anilines is 1. The van der Waals surface area contributed by atoms with Crippen LogP contribution in [0.5, 0.6) is 0 Å². The fraction of sp³-hybridized carbons (Fsp3) is 0.0952. The molecule has 9 heteroatoms. The number of halogens is 4. The van der Waals surface area contributed by atoms with E-state index in [0.717, 1.165) is 17.8 Å². The number of aryl methyl sites for hydroxylation is 1. The van der Waals surface area contributed by atoms with Crippen LogP contribution in [0, 0.1) is 6.92 Å². The minimum atomic E-state index is -4.51. The van der Waals surface area contributed by atoms with Crippen LogP contribution in [0.15, 0.2) is 60.8 Å². The predicted molar refractivity (Wildman–Crippen MR) is 108 cm³/mol. The lowest BCUT2D eigenvalue weighted by atomic mass is 10.1. The molecule has 152 valence electrons. The van der Waals surface area contributed by atoms with Gasteiger partial charge in [-0.05, 0) is 37.3 Å². The summed E-state index contributed by atoms with van der Waals surface area (Å²) >= 11 is 6.48. The number of hydrogen-bond acceptors (Lipinski definition) is 3. The number of alkyl halides is 3. The van der Waals surface area contributed by atoms with Gasteiger partial charge in [0.25, 0.3) is 5.91 Å². The fourth-order valence-electron chi connectivity index (χ4n) is 3.09. The SMILES string of the molecule is Cc1nn(-c2ccccc2)c2ncc(C(=O)Nc3cccc(C(F)(F)F)c3)c(Cl)c12. The lowest BCUT2D eigenvalue weighted by Crippen LogP contribution is -2.14. The van der Waals surface area contributed by atoms with Gasteiger partial charge in [0.05, 0.1) is 32.9 Å². The number of para-hydroxylation sites is 1. The van der Waals surface area contributed by atoms with E-state index in [1.807, 2.05) is 30.3 Å². The number of nitrogens with zero attached hydrogens (tertiary/aromatic N) is 3. The van der Waals surface area contributed by atoms with Crippen molar-refractivity contribution in [3.63, 3.8) is 0 Å². The molecule has 1 amide bonds. The molecule has 2 heterocycles. The highest BCUT2D eigenvalue weighted by Gasteiger charge is 2.30. The second-order valence-corrected chi connectivity index (χ2v) is 6.93. The van der Waals surface area contributed by atoms with Crippen molar-refractivity contribution in [3.8, 4) is 5.69 Å². The molecule has 2 aromatic heterocycles. The first-order valence-electron chi connectivity index (χ1n) is 8.83. The zero-order chi connectivity index (χ0) is 21.5. The molecule has 0 aliphatic rings. The Bertz CT molecular complexity index is 1250. The maximum atomic E-state index is 12.9. The molecule has 30 heavy (non-hydrogen) atoms. The Morgan fingerprint density at radius 2 is 1.83 bits per heavy atom. The Hall–Kier alpha value is -3.39. The molecule has 0 unspecified atom stereocenters. The summed E-state index contributed by atoms with van der Waals surface area (Å²) in [6.07, 6.45) is -3.23. The molecule has 0 aliphatic carbocycles. The third-order valence-electron chi connectivity index (χ3n) is 4.50. The van der Waals surface area contributed by atoms with Gasteiger partial charge >= 0.3 is 6.18 Å². The number of fused-ring (bicyclic) bond motifs is 1. The summed E-state index contributed by atoms with van der Waals surface area (Å²) in [5.41, 5.74) is 1.000. The molecule has 0 atom stereocenters. The van der Waals surface area contributed by atoms with E-state index < -0.39 is 17.6 Å². The van der Waals surface area contributed by atoms with E-state index in [1.54, 1.807) is 11.6 Å². The molecule has 1 N–H and O–H groups in total. The Labute approximate surface area is 174 Å². The van der Waals surface area contributed by atoms with Gasteiger partial charge in [0, 0.05) is 11.9 Å². The van der Waals surface area contributed by atoms with Crippen LogP contribution in [0.2, 0.25) is 5.02 Å². The number of benzene rings is 2. The lowest BCUT2D eigenvalue weighted by Gasteiger charge is -2.11. The second-order valence-electron chi connectivity index (χ2n) is 6.55. The van der Waals surface area contributed by atoms with Crippen LogP contribution in [0.25, 0.3) is 16.7 Å².